The Morgan fingerprint density at radius 2 is 2.00 bits per heavy atom. The van der Waals surface area contributed by atoms with Crippen LogP contribution in [0.15, 0.2) is 48.6 Å². The third-order valence-corrected chi connectivity index (χ3v) is 3.92. The van der Waals surface area contributed by atoms with Gasteiger partial charge in [0.1, 0.15) is 5.75 Å². The molecule has 1 unspecified atom stereocenters. The van der Waals surface area contributed by atoms with Gasteiger partial charge in [-0.15, -0.1) is 0 Å². The lowest BCUT2D eigenvalue weighted by molar-refractivity contribution is 0.149. The number of hydrogen-bond donors (Lipinski definition) is 0. The third-order valence-electron chi connectivity index (χ3n) is 3.92. The number of rotatable bonds is 7. The highest BCUT2D eigenvalue weighted by atomic mass is 16.5. The molecule has 1 atom stereocenters. The number of ether oxygens (including phenoxy) is 2. The zero-order chi connectivity index (χ0) is 15.1. The van der Waals surface area contributed by atoms with Gasteiger partial charge >= 0.3 is 0 Å². The molecule has 0 amide bonds. The molecule has 2 rings (SSSR count). The number of para-hydroxylation sites is 1. The minimum Gasteiger partial charge on any atom is -0.493 e. The quantitative estimate of drug-likeness (QED) is 0.734. The summed E-state index contributed by atoms with van der Waals surface area (Å²) in [6.07, 6.45) is 10.7. The molecule has 1 aromatic rings. The molecule has 0 bridgehead atoms. The Bertz CT molecular complexity index is 502. The van der Waals surface area contributed by atoms with Crippen LogP contribution in [0.5, 0.6) is 5.75 Å². The van der Waals surface area contributed by atoms with Crippen LogP contribution in [0.2, 0.25) is 0 Å². The van der Waals surface area contributed by atoms with Crippen molar-refractivity contribution in [3.63, 3.8) is 0 Å². The first-order valence-corrected chi connectivity index (χ1v) is 7.73. The van der Waals surface area contributed by atoms with Gasteiger partial charge in [0.2, 0.25) is 0 Å². The number of methoxy groups -OCH3 is 1. The maximum atomic E-state index is 6.06. The molecule has 0 saturated carbocycles. The molecule has 0 saturated heterocycles. The molecule has 0 aliphatic heterocycles. The minimum absolute atomic E-state index is 0.113. The van der Waals surface area contributed by atoms with Gasteiger partial charge in [-0.25, -0.2) is 0 Å². The first-order chi connectivity index (χ1) is 10.2. The summed E-state index contributed by atoms with van der Waals surface area (Å²) in [5.41, 5.74) is 1.11. The summed E-state index contributed by atoms with van der Waals surface area (Å²) in [5.74, 6) is 1.64. The van der Waals surface area contributed by atoms with Gasteiger partial charge in [-0.1, -0.05) is 56.4 Å². The average molecular weight is 286 g/mol. The van der Waals surface area contributed by atoms with Gasteiger partial charge in [-0.05, 0) is 24.8 Å². The van der Waals surface area contributed by atoms with Crippen molar-refractivity contribution in [2.45, 2.75) is 32.1 Å². The Balaban J connectivity index is 2.24. The minimum atomic E-state index is -0.113. The predicted octanol–water partition coefficient (Wildman–Crippen LogP) is 4.51. The maximum absolute atomic E-state index is 6.06. The Labute approximate surface area is 128 Å². The van der Waals surface area contributed by atoms with E-state index in [2.05, 4.69) is 56.4 Å². The van der Waals surface area contributed by atoms with E-state index in [1.807, 2.05) is 6.07 Å². The Morgan fingerprint density at radius 1 is 1.19 bits per heavy atom. The molecule has 0 spiro atoms. The lowest BCUT2D eigenvalue weighted by atomic mass is 9.75. The van der Waals surface area contributed by atoms with E-state index in [4.69, 9.17) is 9.47 Å². The number of hydrogen-bond acceptors (Lipinski definition) is 2. The second-order valence-electron chi connectivity index (χ2n) is 6.11. The van der Waals surface area contributed by atoms with Crippen molar-refractivity contribution >= 4 is 0 Å². The van der Waals surface area contributed by atoms with Crippen LogP contribution in [-0.4, -0.2) is 20.3 Å². The molecule has 1 aromatic carbocycles. The third kappa shape index (κ3) is 3.98. The first-order valence-electron chi connectivity index (χ1n) is 7.73. The molecular formula is C19H26O2. The van der Waals surface area contributed by atoms with Crippen molar-refractivity contribution in [3.05, 3.63) is 54.1 Å². The molecule has 21 heavy (non-hydrogen) atoms. The van der Waals surface area contributed by atoms with E-state index in [1.54, 1.807) is 7.11 Å². The summed E-state index contributed by atoms with van der Waals surface area (Å²) in [7, 11) is 1.76. The van der Waals surface area contributed by atoms with Crippen LogP contribution in [0.3, 0.4) is 0 Å². The van der Waals surface area contributed by atoms with E-state index < -0.39 is 0 Å². The summed E-state index contributed by atoms with van der Waals surface area (Å²) < 4.78 is 11.6. The van der Waals surface area contributed by atoms with Gasteiger partial charge in [-0.3, -0.25) is 0 Å². The summed E-state index contributed by atoms with van der Waals surface area (Å²) in [6.45, 7) is 5.86. The molecule has 1 aliphatic rings. The highest BCUT2D eigenvalue weighted by Gasteiger charge is 2.32. The van der Waals surface area contributed by atoms with Gasteiger partial charge in [0.15, 0.2) is 0 Å². The van der Waals surface area contributed by atoms with Crippen LogP contribution in [-0.2, 0) is 10.2 Å². The van der Waals surface area contributed by atoms with Crippen LogP contribution < -0.4 is 4.74 Å². The normalized spacial score (nSPS) is 21.0. The SMILES string of the molecule is COCC1(c2ccccc2OCCC(C)C)C=CC=CC1. The van der Waals surface area contributed by atoms with Crippen LogP contribution in [0, 0.1) is 5.92 Å². The summed E-state index contributed by atoms with van der Waals surface area (Å²) >= 11 is 0. The molecule has 0 fully saturated rings. The summed E-state index contributed by atoms with van der Waals surface area (Å²) in [6, 6.07) is 8.34. The van der Waals surface area contributed by atoms with Crippen LogP contribution >= 0.6 is 0 Å². The lowest BCUT2D eigenvalue weighted by Gasteiger charge is -2.32. The van der Waals surface area contributed by atoms with E-state index in [0.29, 0.717) is 12.5 Å². The molecule has 0 heterocycles. The highest BCUT2D eigenvalue weighted by molar-refractivity contribution is 5.45. The van der Waals surface area contributed by atoms with Crippen molar-refractivity contribution in [2.75, 3.05) is 20.3 Å². The molecule has 2 heteroatoms. The highest BCUT2D eigenvalue weighted by Crippen LogP contribution is 2.38. The van der Waals surface area contributed by atoms with Crippen molar-refractivity contribution < 1.29 is 9.47 Å². The van der Waals surface area contributed by atoms with Crippen LogP contribution in [0.4, 0.5) is 0 Å². The smallest absolute Gasteiger partial charge is 0.123 e. The molecule has 0 aromatic heterocycles. The van der Waals surface area contributed by atoms with Gasteiger partial charge in [0.05, 0.1) is 13.2 Å². The molecule has 114 valence electrons. The fourth-order valence-electron chi connectivity index (χ4n) is 2.72. The maximum Gasteiger partial charge on any atom is 0.123 e. The van der Waals surface area contributed by atoms with E-state index in [1.165, 1.54) is 5.56 Å². The fraction of sp³-hybridized carbons (Fsp3) is 0.474. The topological polar surface area (TPSA) is 18.5 Å². The molecule has 0 N–H and O–H groups in total. The standard InChI is InChI=1S/C19H26O2/c1-16(2)11-14-21-18-10-6-5-9-17(18)19(15-20-3)12-7-4-8-13-19/h4-10,12,16H,11,13-15H2,1-3H3. The summed E-state index contributed by atoms with van der Waals surface area (Å²) in [4.78, 5) is 0. The van der Waals surface area contributed by atoms with E-state index in [-0.39, 0.29) is 5.41 Å². The van der Waals surface area contributed by atoms with E-state index in [0.717, 1.165) is 25.2 Å². The second kappa shape index (κ2) is 7.46. The number of allylic oxidation sites excluding steroid dienone is 3. The summed E-state index contributed by atoms with van der Waals surface area (Å²) in [5, 5.41) is 0. The van der Waals surface area contributed by atoms with E-state index >= 15 is 0 Å². The monoisotopic (exact) mass is 286 g/mol. The molecule has 1 aliphatic carbocycles. The number of benzene rings is 1. The van der Waals surface area contributed by atoms with Gasteiger partial charge in [0.25, 0.3) is 0 Å². The fourth-order valence-corrected chi connectivity index (χ4v) is 2.72. The largest absolute Gasteiger partial charge is 0.493 e. The van der Waals surface area contributed by atoms with Crippen molar-refractivity contribution in [1.82, 2.24) is 0 Å². The first kappa shape index (κ1) is 15.8. The van der Waals surface area contributed by atoms with Crippen molar-refractivity contribution in [3.8, 4) is 5.75 Å². The molecule has 2 nitrogen and oxygen atoms in total. The van der Waals surface area contributed by atoms with Crippen LogP contribution in [0.25, 0.3) is 0 Å². The van der Waals surface area contributed by atoms with Gasteiger partial charge < -0.3 is 9.47 Å². The zero-order valence-electron chi connectivity index (χ0n) is 13.3. The van der Waals surface area contributed by atoms with Gasteiger partial charge in [0, 0.05) is 18.1 Å². The second-order valence-corrected chi connectivity index (χ2v) is 6.11. The predicted molar refractivity (Wildman–Crippen MR) is 87.8 cm³/mol. The Hall–Kier alpha value is -1.54. The van der Waals surface area contributed by atoms with Crippen molar-refractivity contribution in [2.24, 2.45) is 5.92 Å². The van der Waals surface area contributed by atoms with Crippen LogP contribution in [0.1, 0.15) is 32.3 Å². The zero-order valence-corrected chi connectivity index (χ0v) is 13.3. The average Bonchev–Trinajstić information content (AvgIpc) is 2.48. The van der Waals surface area contributed by atoms with Gasteiger partial charge in [-0.2, -0.15) is 0 Å². The Morgan fingerprint density at radius 3 is 2.67 bits per heavy atom. The molecular weight excluding hydrogens is 260 g/mol. The molecule has 0 radical (unpaired) electrons. The lowest BCUT2D eigenvalue weighted by Crippen LogP contribution is -2.30. The van der Waals surface area contributed by atoms with Crippen molar-refractivity contribution in [1.29, 1.82) is 0 Å². The Kier molecular flexibility index (Phi) is 5.63. The van der Waals surface area contributed by atoms with E-state index in [9.17, 15) is 0 Å².